The van der Waals surface area contributed by atoms with Crippen LogP contribution in [0.4, 0.5) is 41.9 Å². The van der Waals surface area contributed by atoms with Gasteiger partial charge in [-0.25, -0.2) is 38.4 Å². The standard InChI is InChI=1S/C19H24N2O5.C17H20N2O5.C14H14N2O5.C14H16N2O3.C10H18O5.CH4O.CH4.Na.2H2O/c1-7-24-17(22)15-12(3)26-21-16(15)14-10-13(9-8-11(14)2)20-18(23)25-19(4,5)6;1-9-6-7-11(18-16(22)23-17(3,4)5)8-12(9)14-13(15(20)21)10(2)24-19-14;1-4-20-14(17)12-9(3)21-15-13(12)11-7-10(16(18)19)6-5-8(11)2;1-4-18-14(17)12-9(3)19-16-13(12)11-7-10(15)6-5-8(11)2;1-9(2,3)14-7(11)13-8(12)15-10(4,5)6;1-2;;;;/h8-10H,7H2,1-6H3,(H,20,23);6-8H,1-5H3,(H,18,22)(H,20,21);5-7H,4H2,1-3H3;5-7H,4,15H2,1-3H3;1-6H3;2H,1H3;1H4;;2*1H2/q;;;;;;;+1;;/p-1. The van der Waals surface area contributed by atoms with Crippen LogP contribution in [0.5, 0.6) is 0 Å². The van der Waals surface area contributed by atoms with Crippen LogP contribution in [0, 0.1) is 65.5 Å². The van der Waals surface area contributed by atoms with Crippen LogP contribution in [0.15, 0.2) is 90.9 Å². The summed E-state index contributed by atoms with van der Waals surface area (Å²) >= 11 is 0. The van der Waals surface area contributed by atoms with Crippen molar-refractivity contribution in [2.75, 3.05) is 43.3 Å². The number of nitrogens with zero attached hydrogens (tertiary/aromatic N) is 5. The number of carbonyl (C=O) groups excluding carboxylic acids is 7. The summed E-state index contributed by atoms with van der Waals surface area (Å²) in [6, 6.07) is 20.2. The summed E-state index contributed by atoms with van der Waals surface area (Å²) in [6.07, 6.45) is -3.27. The van der Waals surface area contributed by atoms with E-state index in [0.717, 1.165) is 34.9 Å². The zero-order chi connectivity index (χ0) is 81.4. The Balaban J connectivity index is 0. The van der Waals surface area contributed by atoms with E-state index in [-0.39, 0.29) is 101 Å². The van der Waals surface area contributed by atoms with Crippen molar-refractivity contribution in [3.8, 4) is 45.0 Å². The van der Waals surface area contributed by atoms with E-state index < -0.39 is 75.7 Å². The molecule has 8 rings (SSSR count). The predicted molar refractivity (Wildman–Crippen MR) is 405 cm³/mol. The van der Waals surface area contributed by atoms with Crippen LogP contribution in [0.3, 0.4) is 0 Å². The molecule has 0 fully saturated rings. The fraction of sp³-hybridized carbons (Fsp3) is 0.421. The number of benzene rings is 4. The number of ether oxygens (including phenoxy) is 8. The molecule has 0 spiro atoms. The van der Waals surface area contributed by atoms with Crippen molar-refractivity contribution >= 4 is 71.1 Å². The first-order valence-corrected chi connectivity index (χ1v) is 33.2. The molecule has 4 heterocycles. The van der Waals surface area contributed by atoms with Gasteiger partial charge >= 0.3 is 77.9 Å². The van der Waals surface area contributed by atoms with E-state index in [1.165, 1.54) is 19.1 Å². The number of amides is 2. The number of hydrogen-bond acceptors (Lipinski definition) is 29. The average Bonchev–Trinajstić information content (AvgIpc) is 1.77. The first kappa shape index (κ1) is 102. The van der Waals surface area contributed by atoms with Crippen LogP contribution in [0.2, 0.25) is 0 Å². The number of anilines is 3. The number of nitrogens with one attached hydrogen (secondary N) is 2. The second-order valence-electron chi connectivity index (χ2n) is 27.0. The third kappa shape index (κ3) is 32.2. The molecular weight excluding hydrogens is 1460 g/mol. The van der Waals surface area contributed by atoms with Gasteiger partial charge in [0, 0.05) is 58.6 Å². The molecule has 0 bridgehead atoms. The summed E-state index contributed by atoms with van der Waals surface area (Å²) in [5.41, 5.74) is 12.8. The normalized spacial score (nSPS) is 10.5. The smallest absolute Gasteiger partial charge is 0.870 e. The molecule has 0 aliphatic rings. The molecule has 4 aromatic heterocycles. The first-order chi connectivity index (χ1) is 49.7. The molecule has 2 amide bonds. The molecule has 111 heavy (non-hydrogen) atoms. The minimum absolute atomic E-state index is 0. The first-order valence-electron chi connectivity index (χ1n) is 33.2. The third-order valence-electron chi connectivity index (χ3n) is 13.5. The van der Waals surface area contributed by atoms with Crippen LogP contribution in [0.25, 0.3) is 45.0 Å². The molecule has 0 saturated carbocycles. The Bertz CT molecular complexity index is 4420. The van der Waals surface area contributed by atoms with Gasteiger partial charge in [-0.1, -0.05) is 52.3 Å². The SMILES string of the molecule is C.CC(C)(C)OC(=O)OC(=O)OC(C)(C)C.CCOC(=O)c1c(-c2cc(N)ccc2C)noc1C.CCOC(=O)c1c(-c2cc(NC(=O)OC(C)(C)C)ccc2C)noc1C.CCOC(=O)c1c(-c2cc([N+](=O)[O-])ccc2C)noc1C.CO.Cc1ccc(NC(=O)OC(C)(C)C)cc1-c1noc(C)c1C(=O)O.O.[Na+].[OH-]. The van der Waals surface area contributed by atoms with Crippen molar-refractivity contribution in [1.29, 1.82) is 0 Å². The van der Waals surface area contributed by atoms with Gasteiger partial charge < -0.3 is 82.9 Å². The van der Waals surface area contributed by atoms with E-state index in [9.17, 15) is 53.6 Å². The van der Waals surface area contributed by atoms with Crippen LogP contribution < -0.4 is 45.9 Å². The molecule has 35 heteroatoms. The zero-order valence-corrected chi connectivity index (χ0v) is 68.7. The number of non-ortho nitro benzene ring substituents is 1. The molecular formula is C76H103N8NaO26. The molecule has 0 radical (unpaired) electrons. The summed E-state index contributed by atoms with van der Waals surface area (Å²) < 4.78 is 59.7. The number of nitro groups is 1. The molecule has 604 valence electrons. The Morgan fingerprint density at radius 3 is 1.02 bits per heavy atom. The number of rotatable bonds is 14. The van der Waals surface area contributed by atoms with Crippen LogP contribution >= 0.6 is 0 Å². The minimum atomic E-state index is -1.12. The number of nitro benzene ring substituents is 1. The number of aromatic carboxylic acids is 1. The Morgan fingerprint density at radius 2 is 0.730 bits per heavy atom. The van der Waals surface area contributed by atoms with Gasteiger partial charge in [0.2, 0.25) is 0 Å². The largest absolute Gasteiger partial charge is 1.00 e. The van der Waals surface area contributed by atoms with Gasteiger partial charge in [0.15, 0.2) is 0 Å². The third-order valence-corrected chi connectivity index (χ3v) is 13.5. The summed E-state index contributed by atoms with van der Waals surface area (Å²) in [5, 5.41) is 48.2. The van der Waals surface area contributed by atoms with E-state index in [1.54, 1.807) is 180 Å². The second kappa shape index (κ2) is 45.2. The van der Waals surface area contributed by atoms with Gasteiger partial charge in [-0.3, -0.25) is 20.7 Å². The summed E-state index contributed by atoms with van der Waals surface area (Å²) in [7, 11) is 1.00. The van der Waals surface area contributed by atoms with Crippen molar-refractivity contribution in [3.63, 3.8) is 0 Å². The topological polar surface area (TPSA) is 510 Å². The van der Waals surface area contributed by atoms with E-state index in [2.05, 4.69) is 36.0 Å². The van der Waals surface area contributed by atoms with Crippen LogP contribution in [-0.2, 0) is 37.9 Å². The number of carbonyl (C=O) groups is 8. The van der Waals surface area contributed by atoms with E-state index >= 15 is 0 Å². The molecule has 0 aliphatic carbocycles. The number of esters is 3. The van der Waals surface area contributed by atoms with Gasteiger partial charge in [-0.15, -0.1) is 0 Å². The van der Waals surface area contributed by atoms with Gasteiger partial charge in [0.05, 0.1) is 24.7 Å². The maximum Gasteiger partial charge on any atom is 1.00 e. The molecule has 0 atom stereocenters. The van der Waals surface area contributed by atoms with Crippen molar-refractivity contribution in [1.82, 2.24) is 20.6 Å². The Labute approximate surface area is 666 Å². The second-order valence-corrected chi connectivity index (χ2v) is 27.0. The maximum absolute atomic E-state index is 12.2. The van der Waals surface area contributed by atoms with E-state index in [0.29, 0.717) is 74.6 Å². The molecule has 34 nitrogen and oxygen atoms in total. The molecule has 0 unspecified atom stereocenters. The number of nitrogen functional groups attached to an aromatic ring is 1. The molecule has 0 saturated heterocycles. The van der Waals surface area contributed by atoms with Crippen molar-refractivity contribution in [3.05, 3.63) is 150 Å². The quantitative estimate of drug-likeness (QED) is 0.0128. The number of carboxylic acids is 1. The van der Waals surface area contributed by atoms with E-state index in [1.807, 2.05) is 32.9 Å². The summed E-state index contributed by atoms with van der Waals surface area (Å²) in [6.45, 7) is 40.5. The summed E-state index contributed by atoms with van der Waals surface area (Å²) in [4.78, 5) is 104. The number of carboxylic acid groups (broad SMARTS) is 1. The monoisotopic (exact) mass is 1570 g/mol. The number of aromatic nitrogens is 4. The Morgan fingerprint density at radius 1 is 0.459 bits per heavy atom. The number of aryl methyl sites for hydroxylation is 8. The number of aliphatic hydroxyl groups is 1. The number of nitrogens with two attached hydrogens (primary N) is 1. The average molecular weight is 1570 g/mol. The number of hydrogen-bond donors (Lipinski definition) is 5. The van der Waals surface area contributed by atoms with Crippen molar-refractivity contribution in [2.45, 2.75) is 189 Å². The molecule has 8 aromatic rings. The maximum atomic E-state index is 12.2. The molecule has 0 aliphatic heterocycles. The number of aliphatic hydroxyl groups excluding tert-OH is 1. The minimum Gasteiger partial charge on any atom is -0.870 e. The molecule has 9 N–H and O–H groups in total. The summed E-state index contributed by atoms with van der Waals surface area (Å²) in [5.74, 6) is -1.24. The fourth-order valence-electron chi connectivity index (χ4n) is 9.04. The fourth-order valence-corrected chi connectivity index (χ4v) is 9.04. The van der Waals surface area contributed by atoms with Crippen LogP contribution in [-0.4, -0.2) is 144 Å². The van der Waals surface area contributed by atoms with Gasteiger partial charge in [-0.2, -0.15) is 0 Å². The zero-order valence-electron chi connectivity index (χ0n) is 66.7. The van der Waals surface area contributed by atoms with Crippen LogP contribution in [0.1, 0.15) is 198 Å². The van der Waals surface area contributed by atoms with Gasteiger partial charge in [-0.05, 0) is 218 Å². The van der Waals surface area contributed by atoms with Crippen molar-refractivity contribution in [2.24, 2.45) is 0 Å². The molecule has 4 aromatic carbocycles. The van der Waals surface area contributed by atoms with Crippen molar-refractivity contribution < 1.29 is 150 Å². The Kier molecular flexibility index (Phi) is 41.5. The van der Waals surface area contributed by atoms with Gasteiger partial charge in [0.25, 0.3) is 5.69 Å². The predicted octanol–water partition coefficient (Wildman–Crippen LogP) is 13.4. The van der Waals surface area contributed by atoms with Gasteiger partial charge in [0.1, 0.15) is 90.5 Å². The van der Waals surface area contributed by atoms with E-state index in [4.69, 9.17) is 62.1 Å². The Hall–Kier alpha value is -11.0.